The van der Waals surface area contributed by atoms with Crippen LogP contribution in [0.2, 0.25) is 0 Å². The highest BCUT2D eigenvalue weighted by atomic mass is 16.3. The summed E-state index contributed by atoms with van der Waals surface area (Å²) in [6.07, 6.45) is 10.8. The van der Waals surface area contributed by atoms with E-state index in [2.05, 4.69) is 24.4 Å². The molecule has 0 aromatic rings. The third-order valence-electron chi connectivity index (χ3n) is 4.27. The largest absolute Gasteiger partial charge is 0.396 e. The minimum atomic E-state index is 0.336. The second-order valence-electron chi connectivity index (χ2n) is 5.42. The number of allylic oxidation sites excluding steroid dienone is 1. The third kappa shape index (κ3) is 2.67. The van der Waals surface area contributed by atoms with Crippen LogP contribution in [0.15, 0.2) is 12.2 Å². The fraction of sp³-hybridized carbons (Fsp3) is 0.857. The second-order valence-corrected chi connectivity index (χ2v) is 5.42. The number of aliphatic hydroxyl groups excluding tert-OH is 1. The molecule has 2 aliphatic rings. The normalized spacial score (nSPS) is 33.5. The molecule has 0 heterocycles. The number of rotatable bonds is 7. The minimum absolute atomic E-state index is 0.336. The van der Waals surface area contributed by atoms with Gasteiger partial charge in [0.2, 0.25) is 0 Å². The first-order valence-electron chi connectivity index (χ1n) is 6.86. The Morgan fingerprint density at radius 1 is 1.44 bits per heavy atom. The molecule has 2 aliphatic carbocycles. The number of hydrogen-bond acceptors (Lipinski definition) is 2. The average molecular weight is 223 g/mol. The summed E-state index contributed by atoms with van der Waals surface area (Å²) in [5.74, 6) is 2.43. The molecule has 4 atom stereocenters. The van der Waals surface area contributed by atoms with Crippen LogP contribution in [-0.2, 0) is 0 Å². The topological polar surface area (TPSA) is 32.3 Å². The van der Waals surface area contributed by atoms with Crippen molar-refractivity contribution in [1.29, 1.82) is 0 Å². The van der Waals surface area contributed by atoms with Gasteiger partial charge in [-0.1, -0.05) is 25.5 Å². The van der Waals surface area contributed by atoms with Crippen molar-refractivity contribution >= 4 is 0 Å². The lowest BCUT2D eigenvalue weighted by molar-refractivity contribution is 0.152. The number of fused-ring (bicyclic) bond motifs is 1. The molecule has 0 bridgehead atoms. The van der Waals surface area contributed by atoms with Gasteiger partial charge in [0.25, 0.3) is 0 Å². The van der Waals surface area contributed by atoms with Gasteiger partial charge in [0.15, 0.2) is 0 Å². The minimum Gasteiger partial charge on any atom is -0.396 e. The van der Waals surface area contributed by atoms with Crippen molar-refractivity contribution in [1.82, 2.24) is 5.32 Å². The number of hydrogen-bond donors (Lipinski definition) is 2. The lowest BCUT2D eigenvalue weighted by Gasteiger charge is -2.41. The van der Waals surface area contributed by atoms with Crippen molar-refractivity contribution in [3.8, 4) is 0 Å². The molecule has 4 unspecified atom stereocenters. The molecule has 0 aliphatic heterocycles. The standard InChI is InChI=1S/C14H25NO/c1-2-4-11(7-8-16)10-15-14-9-12-5-3-6-13(12)14/h3,6,11-16H,2,4-5,7-10H2,1H3. The van der Waals surface area contributed by atoms with Gasteiger partial charge >= 0.3 is 0 Å². The molecular formula is C14H25NO. The van der Waals surface area contributed by atoms with E-state index in [1.165, 1.54) is 25.7 Å². The molecule has 16 heavy (non-hydrogen) atoms. The maximum atomic E-state index is 9.01. The van der Waals surface area contributed by atoms with E-state index in [1.54, 1.807) is 0 Å². The smallest absolute Gasteiger partial charge is 0.0434 e. The van der Waals surface area contributed by atoms with Crippen molar-refractivity contribution in [3.63, 3.8) is 0 Å². The van der Waals surface area contributed by atoms with Crippen LogP contribution in [0.1, 0.15) is 39.0 Å². The summed E-state index contributed by atoms with van der Waals surface area (Å²) < 4.78 is 0. The molecule has 92 valence electrons. The van der Waals surface area contributed by atoms with Crippen LogP contribution in [-0.4, -0.2) is 24.3 Å². The Labute approximate surface area is 99.1 Å². The molecule has 2 N–H and O–H groups in total. The first-order chi connectivity index (χ1) is 7.85. The Hall–Kier alpha value is -0.340. The second kappa shape index (κ2) is 5.83. The van der Waals surface area contributed by atoms with Gasteiger partial charge in [-0.25, -0.2) is 0 Å². The zero-order valence-corrected chi connectivity index (χ0v) is 10.4. The highest BCUT2D eigenvalue weighted by molar-refractivity contribution is 5.12. The van der Waals surface area contributed by atoms with Gasteiger partial charge in [0.05, 0.1) is 0 Å². The van der Waals surface area contributed by atoms with Crippen LogP contribution in [0.5, 0.6) is 0 Å². The zero-order chi connectivity index (χ0) is 11.4. The van der Waals surface area contributed by atoms with E-state index in [9.17, 15) is 0 Å². The molecule has 2 nitrogen and oxygen atoms in total. The molecule has 0 saturated heterocycles. The van der Waals surface area contributed by atoms with Gasteiger partial charge in [-0.3, -0.25) is 0 Å². The Morgan fingerprint density at radius 2 is 2.31 bits per heavy atom. The van der Waals surface area contributed by atoms with Crippen LogP contribution < -0.4 is 5.32 Å². The summed E-state index contributed by atoms with van der Waals surface area (Å²) in [5.41, 5.74) is 0. The van der Waals surface area contributed by atoms with Gasteiger partial charge < -0.3 is 10.4 Å². The van der Waals surface area contributed by atoms with Crippen molar-refractivity contribution in [3.05, 3.63) is 12.2 Å². The third-order valence-corrected chi connectivity index (χ3v) is 4.27. The van der Waals surface area contributed by atoms with Crippen molar-refractivity contribution < 1.29 is 5.11 Å². The number of nitrogens with one attached hydrogen (secondary N) is 1. The Kier molecular flexibility index (Phi) is 4.42. The van der Waals surface area contributed by atoms with Crippen LogP contribution in [0.3, 0.4) is 0 Å². The highest BCUT2D eigenvalue weighted by Gasteiger charge is 2.40. The summed E-state index contributed by atoms with van der Waals surface area (Å²) >= 11 is 0. The molecule has 2 rings (SSSR count). The molecule has 0 spiro atoms. The molecule has 0 aromatic heterocycles. The SMILES string of the molecule is CCCC(CCO)CNC1CC2CC=CC21. The fourth-order valence-corrected chi connectivity index (χ4v) is 3.20. The van der Waals surface area contributed by atoms with Crippen LogP contribution in [0.25, 0.3) is 0 Å². The Morgan fingerprint density at radius 3 is 3.00 bits per heavy atom. The maximum absolute atomic E-state index is 9.01. The quantitative estimate of drug-likeness (QED) is 0.649. The van der Waals surface area contributed by atoms with Crippen LogP contribution >= 0.6 is 0 Å². The summed E-state index contributed by atoms with van der Waals surface area (Å²) in [4.78, 5) is 0. The summed E-state index contributed by atoms with van der Waals surface area (Å²) in [6, 6.07) is 0.724. The molecule has 0 radical (unpaired) electrons. The zero-order valence-electron chi connectivity index (χ0n) is 10.4. The molecule has 1 saturated carbocycles. The maximum Gasteiger partial charge on any atom is 0.0434 e. The number of aliphatic hydroxyl groups is 1. The first kappa shape index (κ1) is 12.1. The van der Waals surface area contributed by atoms with Crippen molar-refractivity contribution in [2.75, 3.05) is 13.2 Å². The first-order valence-corrected chi connectivity index (χ1v) is 6.86. The predicted octanol–water partition coefficient (Wildman–Crippen LogP) is 2.34. The van der Waals surface area contributed by atoms with E-state index in [4.69, 9.17) is 5.11 Å². The lowest BCUT2D eigenvalue weighted by Crippen LogP contribution is -2.49. The van der Waals surface area contributed by atoms with Crippen molar-refractivity contribution in [2.45, 2.75) is 45.1 Å². The van der Waals surface area contributed by atoms with E-state index >= 15 is 0 Å². The Balaban J connectivity index is 1.67. The molecule has 1 fully saturated rings. The van der Waals surface area contributed by atoms with Gasteiger partial charge in [0.1, 0.15) is 0 Å². The van der Waals surface area contributed by atoms with E-state index in [0.717, 1.165) is 30.8 Å². The van der Waals surface area contributed by atoms with Gasteiger partial charge in [-0.05, 0) is 50.0 Å². The van der Waals surface area contributed by atoms with E-state index < -0.39 is 0 Å². The summed E-state index contributed by atoms with van der Waals surface area (Å²) in [6.45, 7) is 3.66. The van der Waals surface area contributed by atoms with Gasteiger partial charge in [0, 0.05) is 12.6 Å². The summed E-state index contributed by atoms with van der Waals surface area (Å²) in [7, 11) is 0. The molecule has 2 heteroatoms. The molecule has 0 amide bonds. The fourth-order valence-electron chi connectivity index (χ4n) is 3.20. The monoisotopic (exact) mass is 223 g/mol. The van der Waals surface area contributed by atoms with E-state index in [-0.39, 0.29) is 0 Å². The highest BCUT2D eigenvalue weighted by Crippen LogP contribution is 2.42. The van der Waals surface area contributed by atoms with E-state index in [1.807, 2.05) is 0 Å². The summed E-state index contributed by atoms with van der Waals surface area (Å²) in [5, 5.41) is 12.7. The molecular weight excluding hydrogens is 198 g/mol. The van der Waals surface area contributed by atoms with E-state index in [0.29, 0.717) is 12.5 Å². The van der Waals surface area contributed by atoms with Gasteiger partial charge in [-0.2, -0.15) is 0 Å². The van der Waals surface area contributed by atoms with Gasteiger partial charge in [-0.15, -0.1) is 0 Å². The predicted molar refractivity (Wildman–Crippen MR) is 67.2 cm³/mol. The Bertz CT molecular complexity index is 233. The van der Waals surface area contributed by atoms with Crippen LogP contribution in [0, 0.1) is 17.8 Å². The molecule has 0 aromatic carbocycles. The average Bonchev–Trinajstić information content (AvgIpc) is 2.61. The van der Waals surface area contributed by atoms with Crippen LogP contribution in [0.4, 0.5) is 0 Å². The lowest BCUT2D eigenvalue weighted by atomic mass is 9.71. The van der Waals surface area contributed by atoms with Crippen molar-refractivity contribution in [2.24, 2.45) is 17.8 Å².